The number of ether oxygens (including phenoxy) is 1. The monoisotopic (exact) mass is 1320 g/mol. The van der Waals surface area contributed by atoms with Gasteiger partial charge in [-0.2, -0.15) is 0 Å². The van der Waals surface area contributed by atoms with Crippen molar-refractivity contribution in [2.75, 3.05) is 13.2 Å². The average molecular weight is 1320 g/mol. The molecule has 0 aromatic rings. The molecule has 0 saturated heterocycles. The molecule has 556 valence electrons. The molecule has 0 fully saturated rings. The summed E-state index contributed by atoms with van der Waals surface area (Å²) in [5.74, 6) is -0.0427. The lowest BCUT2D eigenvalue weighted by atomic mass is 10.0. The van der Waals surface area contributed by atoms with Crippen molar-refractivity contribution >= 4 is 11.9 Å². The molecule has 6 heteroatoms. The van der Waals surface area contributed by atoms with E-state index >= 15 is 0 Å². The maximum atomic E-state index is 12.6. The summed E-state index contributed by atoms with van der Waals surface area (Å²) in [7, 11) is 0. The lowest BCUT2D eigenvalue weighted by Crippen LogP contribution is -2.45. The number of rotatable bonds is 82. The van der Waals surface area contributed by atoms with Crippen LogP contribution in [0, 0.1) is 0 Å². The van der Waals surface area contributed by atoms with Crippen molar-refractivity contribution in [3.63, 3.8) is 0 Å². The molecule has 6 nitrogen and oxygen atoms in total. The van der Waals surface area contributed by atoms with Gasteiger partial charge in [-0.25, -0.2) is 0 Å². The first-order chi connectivity index (χ1) is 46.5. The molecular weight excluding hydrogens is 1150 g/mol. The Morgan fingerprint density at radius 3 is 0.755 bits per heavy atom. The summed E-state index contributed by atoms with van der Waals surface area (Å²) < 4.78 is 5.51. The molecule has 3 N–H and O–H groups in total. The number of esters is 1. The van der Waals surface area contributed by atoms with Gasteiger partial charge in [-0.15, -0.1) is 0 Å². The summed E-state index contributed by atoms with van der Waals surface area (Å²) >= 11 is 0. The SMILES string of the molecule is CCCCCCCCC/C=C\CCCCCCCC(=O)OCCCCCCCCCCCCCCCCCCCC/C=C\CCCCCCCCCCCCCCCCCCCC(=O)NC(CO)C(O)/C=C/CCCCCCCCCCCCCCCCCCCCCC. The Labute approximate surface area is 589 Å². The summed E-state index contributed by atoms with van der Waals surface area (Å²) in [5, 5.41) is 23.3. The topological polar surface area (TPSA) is 95.9 Å². The van der Waals surface area contributed by atoms with Crippen LogP contribution in [0.3, 0.4) is 0 Å². The van der Waals surface area contributed by atoms with Crippen LogP contribution in [0.4, 0.5) is 0 Å². The standard InChI is InChI=1S/C88H169NO5/c1-3-5-7-9-11-13-15-17-19-21-22-23-43-46-49-52-56-60-64-68-72-76-80-86(91)85(84-90)89-87(92)81-77-73-69-65-61-57-53-50-47-44-41-39-37-35-33-31-29-27-25-24-26-28-30-32-34-36-38-40-42-45-48-51-55-59-63-67-71-75-79-83-94-88(93)82-78-74-70-66-62-58-54-20-18-16-14-12-10-8-6-4-2/h20,24-25,54,76,80,85-86,90-91H,3-19,21-23,26-53,55-75,77-79,81-84H2,1-2H3,(H,89,92)/b25-24-,54-20-,80-76+. The van der Waals surface area contributed by atoms with Gasteiger partial charge in [0.15, 0.2) is 0 Å². The zero-order chi connectivity index (χ0) is 67.7. The van der Waals surface area contributed by atoms with E-state index in [0.717, 1.165) is 44.9 Å². The smallest absolute Gasteiger partial charge is 0.305 e. The number of nitrogens with one attached hydrogen (secondary N) is 1. The molecule has 0 aliphatic rings. The van der Waals surface area contributed by atoms with Gasteiger partial charge in [0.05, 0.1) is 25.4 Å². The average Bonchev–Trinajstić information content (AvgIpc) is 3.68. The molecule has 0 aliphatic heterocycles. The van der Waals surface area contributed by atoms with Crippen LogP contribution in [0.5, 0.6) is 0 Å². The van der Waals surface area contributed by atoms with E-state index in [1.54, 1.807) is 6.08 Å². The van der Waals surface area contributed by atoms with Gasteiger partial charge in [0.25, 0.3) is 0 Å². The molecule has 94 heavy (non-hydrogen) atoms. The summed E-state index contributed by atoms with van der Waals surface area (Å²) in [6.07, 6.45) is 110. The highest BCUT2D eigenvalue weighted by Crippen LogP contribution is 2.20. The number of aliphatic hydroxyl groups is 2. The Morgan fingerprint density at radius 2 is 0.500 bits per heavy atom. The molecule has 0 spiro atoms. The maximum absolute atomic E-state index is 12.6. The molecule has 0 aliphatic carbocycles. The van der Waals surface area contributed by atoms with Crippen LogP contribution in [0.25, 0.3) is 0 Å². The summed E-state index contributed by atoms with van der Waals surface area (Å²) in [5.41, 5.74) is 0. The Hall–Kier alpha value is -1.92. The van der Waals surface area contributed by atoms with Gasteiger partial charge in [0.2, 0.25) is 5.91 Å². The van der Waals surface area contributed by atoms with Gasteiger partial charge in [0.1, 0.15) is 0 Å². The third-order valence-electron chi connectivity index (χ3n) is 20.4. The van der Waals surface area contributed by atoms with Crippen molar-refractivity contribution in [3.8, 4) is 0 Å². The van der Waals surface area contributed by atoms with Crippen LogP contribution in [-0.4, -0.2) is 47.4 Å². The van der Waals surface area contributed by atoms with Gasteiger partial charge in [-0.1, -0.05) is 429 Å². The minimum atomic E-state index is -0.843. The van der Waals surface area contributed by atoms with Gasteiger partial charge < -0.3 is 20.3 Å². The number of amides is 1. The van der Waals surface area contributed by atoms with E-state index in [1.807, 2.05) is 6.08 Å². The third-order valence-corrected chi connectivity index (χ3v) is 20.4. The summed E-state index contributed by atoms with van der Waals surface area (Å²) in [4.78, 5) is 24.7. The minimum Gasteiger partial charge on any atom is -0.466 e. The van der Waals surface area contributed by atoms with Gasteiger partial charge >= 0.3 is 5.97 Å². The first kappa shape index (κ1) is 92.1. The van der Waals surface area contributed by atoms with Crippen molar-refractivity contribution in [1.82, 2.24) is 5.32 Å². The normalized spacial score (nSPS) is 12.6. The second-order valence-electron chi connectivity index (χ2n) is 29.9. The second-order valence-corrected chi connectivity index (χ2v) is 29.9. The molecule has 0 bridgehead atoms. The molecule has 0 radical (unpaired) electrons. The number of carbonyl (C=O) groups excluding carboxylic acids is 2. The highest BCUT2D eigenvalue weighted by Gasteiger charge is 2.18. The van der Waals surface area contributed by atoms with Gasteiger partial charge in [-0.05, 0) is 83.5 Å². The van der Waals surface area contributed by atoms with Crippen molar-refractivity contribution < 1.29 is 24.5 Å². The van der Waals surface area contributed by atoms with Crippen molar-refractivity contribution in [2.24, 2.45) is 0 Å². The summed E-state index contributed by atoms with van der Waals surface area (Å²) in [6, 6.07) is -0.626. The molecule has 0 heterocycles. The number of unbranched alkanes of at least 4 members (excludes halogenated alkanes) is 67. The molecule has 1 amide bonds. The molecular formula is C88H169NO5. The lowest BCUT2D eigenvalue weighted by molar-refractivity contribution is -0.143. The van der Waals surface area contributed by atoms with Crippen LogP contribution < -0.4 is 5.32 Å². The van der Waals surface area contributed by atoms with E-state index in [1.165, 1.54) is 417 Å². The zero-order valence-corrected chi connectivity index (χ0v) is 64.0. The Balaban J connectivity index is 3.34. The van der Waals surface area contributed by atoms with E-state index < -0.39 is 12.1 Å². The molecule has 0 aromatic heterocycles. The fourth-order valence-electron chi connectivity index (χ4n) is 13.8. The predicted molar refractivity (Wildman–Crippen MR) is 416 cm³/mol. The number of hydrogen-bond donors (Lipinski definition) is 3. The number of aliphatic hydroxyl groups excluding tert-OH is 2. The Kier molecular flexibility index (Phi) is 81.8. The Bertz CT molecular complexity index is 1520. The van der Waals surface area contributed by atoms with Crippen LogP contribution in [0.15, 0.2) is 36.5 Å². The highest BCUT2D eigenvalue weighted by atomic mass is 16.5. The van der Waals surface area contributed by atoms with E-state index in [-0.39, 0.29) is 18.5 Å². The van der Waals surface area contributed by atoms with E-state index in [2.05, 4.69) is 43.5 Å². The fourth-order valence-corrected chi connectivity index (χ4v) is 13.8. The van der Waals surface area contributed by atoms with E-state index in [0.29, 0.717) is 19.4 Å². The quantitative estimate of drug-likeness (QED) is 0.0320. The van der Waals surface area contributed by atoms with Crippen molar-refractivity contribution in [3.05, 3.63) is 36.5 Å². The molecule has 2 unspecified atom stereocenters. The van der Waals surface area contributed by atoms with E-state index in [4.69, 9.17) is 4.74 Å². The zero-order valence-electron chi connectivity index (χ0n) is 64.0. The maximum Gasteiger partial charge on any atom is 0.305 e. The van der Waals surface area contributed by atoms with Crippen molar-refractivity contribution in [1.29, 1.82) is 0 Å². The van der Waals surface area contributed by atoms with Crippen LogP contribution in [-0.2, 0) is 14.3 Å². The predicted octanol–water partition coefficient (Wildman–Crippen LogP) is 28.9. The fraction of sp³-hybridized carbons (Fsp3) is 0.909. The summed E-state index contributed by atoms with van der Waals surface area (Å²) in [6.45, 7) is 4.95. The first-order valence-corrected chi connectivity index (χ1v) is 43.3. The largest absolute Gasteiger partial charge is 0.466 e. The van der Waals surface area contributed by atoms with Crippen LogP contribution in [0.1, 0.15) is 489 Å². The molecule has 0 rings (SSSR count). The minimum absolute atomic E-state index is 0.0158. The highest BCUT2D eigenvalue weighted by molar-refractivity contribution is 5.76. The van der Waals surface area contributed by atoms with Crippen molar-refractivity contribution in [2.45, 2.75) is 501 Å². The first-order valence-electron chi connectivity index (χ1n) is 43.3. The molecule has 0 aromatic carbocycles. The second kappa shape index (κ2) is 83.5. The van der Waals surface area contributed by atoms with Gasteiger partial charge in [-0.3, -0.25) is 9.59 Å². The lowest BCUT2D eigenvalue weighted by Gasteiger charge is -2.20. The number of hydrogen-bond acceptors (Lipinski definition) is 5. The number of allylic oxidation sites excluding steroid dienone is 5. The molecule has 0 saturated carbocycles. The molecule has 2 atom stereocenters. The van der Waals surface area contributed by atoms with Crippen LogP contribution in [0.2, 0.25) is 0 Å². The number of carbonyl (C=O) groups is 2. The Morgan fingerprint density at radius 1 is 0.287 bits per heavy atom. The van der Waals surface area contributed by atoms with Crippen LogP contribution >= 0.6 is 0 Å². The van der Waals surface area contributed by atoms with E-state index in [9.17, 15) is 19.8 Å². The third kappa shape index (κ3) is 79.1. The van der Waals surface area contributed by atoms with Gasteiger partial charge in [0, 0.05) is 12.8 Å².